The van der Waals surface area contributed by atoms with Crippen LogP contribution in [0.4, 0.5) is 18.0 Å². The van der Waals surface area contributed by atoms with Gasteiger partial charge in [0.25, 0.3) is 0 Å². The fraction of sp³-hybridized carbons (Fsp3) is 0.600. The van der Waals surface area contributed by atoms with Crippen LogP contribution in [0.5, 0.6) is 11.5 Å². The molecule has 12 heteroatoms. The lowest BCUT2D eigenvalue weighted by molar-refractivity contribution is -0.192. The van der Waals surface area contributed by atoms with Gasteiger partial charge in [0.1, 0.15) is 0 Å². The smallest absolute Gasteiger partial charge is 0.475 e. The van der Waals surface area contributed by atoms with Crippen molar-refractivity contribution >= 4 is 12.0 Å². The van der Waals surface area contributed by atoms with Crippen LogP contribution in [0.2, 0.25) is 0 Å². The van der Waals surface area contributed by atoms with E-state index in [0.29, 0.717) is 12.8 Å². The number of amides is 2. The molecule has 4 rings (SSSR count). The third-order valence-corrected chi connectivity index (χ3v) is 5.41. The second kappa shape index (κ2) is 9.82. The molecule has 2 saturated heterocycles. The fourth-order valence-electron chi connectivity index (χ4n) is 3.92. The predicted octanol–water partition coefficient (Wildman–Crippen LogP) is 2.05. The van der Waals surface area contributed by atoms with Crippen molar-refractivity contribution in [1.82, 2.24) is 15.1 Å². The summed E-state index contributed by atoms with van der Waals surface area (Å²) in [6.45, 7) is 2.67. The Morgan fingerprint density at radius 3 is 2.59 bits per heavy atom. The van der Waals surface area contributed by atoms with Gasteiger partial charge in [-0.1, -0.05) is 6.07 Å². The minimum Gasteiger partial charge on any atom is -0.475 e. The molecule has 178 valence electrons. The van der Waals surface area contributed by atoms with Crippen molar-refractivity contribution in [3.8, 4) is 11.5 Å². The van der Waals surface area contributed by atoms with Crippen LogP contribution in [0.15, 0.2) is 18.2 Å². The number of hydrogen-bond acceptors (Lipinski definition) is 6. The van der Waals surface area contributed by atoms with Crippen molar-refractivity contribution < 1.29 is 42.1 Å². The number of ether oxygens (including phenoxy) is 3. The van der Waals surface area contributed by atoms with E-state index in [0.717, 1.165) is 44.0 Å². The van der Waals surface area contributed by atoms with Crippen molar-refractivity contribution in [2.75, 3.05) is 34.0 Å². The lowest BCUT2D eigenvalue weighted by Crippen LogP contribution is -2.50. The largest absolute Gasteiger partial charge is 0.490 e. The number of nitrogens with one attached hydrogen (secondary N) is 1. The standard InChI is InChI=1S/C18H25N3O4.C2HF3O2/c1-20(2)18(22)19-13-10-21(14-4-3-7-23-17(13)14)9-12-5-6-15-16(8-12)25-11-24-15;3-2(4,5)1(6)7/h5-6,8,13-14,17H,3-4,7,9-11H2,1-2H3,(H,19,22);(H,6,7)/t13-,14-,17-;/m1./s1. The molecule has 9 nitrogen and oxygen atoms in total. The summed E-state index contributed by atoms with van der Waals surface area (Å²) < 4.78 is 48.6. The number of hydrogen-bond donors (Lipinski definition) is 2. The van der Waals surface area contributed by atoms with Crippen molar-refractivity contribution in [3.63, 3.8) is 0 Å². The Bertz CT molecular complexity index is 835. The maximum absolute atomic E-state index is 12.1. The first-order valence-corrected chi connectivity index (χ1v) is 10.1. The maximum atomic E-state index is 12.1. The zero-order valence-corrected chi connectivity index (χ0v) is 17.7. The summed E-state index contributed by atoms with van der Waals surface area (Å²) in [6, 6.07) is 6.39. The number of fused-ring (bicyclic) bond motifs is 2. The molecule has 2 amide bonds. The average molecular weight is 461 g/mol. The highest BCUT2D eigenvalue weighted by molar-refractivity contribution is 5.74. The van der Waals surface area contributed by atoms with Crippen molar-refractivity contribution in [1.29, 1.82) is 0 Å². The Kier molecular flexibility index (Phi) is 7.34. The van der Waals surface area contributed by atoms with E-state index in [-0.39, 0.29) is 18.2 Å². The number of nitrogens with zero attached hydrogens (tertiary/aromatic N) is 2. The van der Waals surface area contributed by atoms with Crippen LogP contribution in [0.1, 0.15) is 18.4 Å². The molecule has 0 aliphatic carbocycles. The number of carboxylic acids is 1. The summed E-state index contributed by atoms with van der Waals surface area (Å²) in [5.41, 5.74) is 1.19. The van der Waals surface area contributed by atoms with Gasteiger partial charge in [-0.2, -0.15) is 13.2 Å². The zero-order chi connectivity index (χ0) is 23.5. The second-order valence-electron chi connectivity index (χ2n) is 7.92. The Hall–Kier alpha value is -2.73. The lowest BCUT2D eigenvalue weighted by atomic mass is 10.0. The molecule has 0 unspecified atom stereocenters. The van der Waals surface area contributed by atoms with Gasteiger partial charge in [0.2, 0.25) is 6.79 Å². The Morgan fingerprint density at radius 1 is 1.25 bits per heavy atom. The van der Waals surface area contributed by atoms with Gasteiger partial charge in [0.05, 0.1) is 12.1 Å². The summed E-state index contributed by atoms with van der Waals surface area (Å²) >= 11 is 0. The molecular weight excluding hydrogens is 435 g/mol. The van der Waals surface area contributed by atoms with Crippen LogP contribution >= 0.6 is 0 Å². The molecule has 0 spiro atoms. The molecule has 3 heterocycles. The van der Waals surface area contributed by atoms with E-state index in [4.69, 9.17) is 24.1 Å². The normalized spacial score (nSPS) is 24.2. The maximum Gasteiger partial charge on any atom is 0.490 e. The van der Waals surface area contributed by atoms with Gasteiger partial charge in [0.15, 0.2) is 11.5 Å². The number of aliphatic carboxylic acids is 1. The first-order valence-electron chi connectivity index (χ1n) is 10.1. The highest BCUT2D eigenvalue weighted by Gasteiger charge is 2.44. The monoisotopic (exact) mass is 461 g/mol. The Morgan fingerprint density at radius 2 is 1.94 bits per heavy atom. The fourth-order valence-corrected chi connectivity index (χ4v) is 3.92. The lowest BCUT2D eigenvalue weighted by Gasteiger charge is -2.32. The van der Waals surface area contributed by atoms with Gasteiger partial charge in [-0.3, -0.25) is 4.90 Å². The first kappa shape index (κ1) is 23.9. The van der Waals surface area contributed by atoms with Crippen LogP contribution in [0.25, 0.3) is 0 Å². The third-order valence-electron chi connectivity index (χ3n) is 5.41. The topological polar surface area (TPSA) is 101 Å². The van der Waals surface area contributed by atoms with E-state index in [9.17, 15) is 18.0 Å². The highest BCUT2D eigenvalue weighted by atomic mass is 19.4. The van der Waals surface area contributed by atoms with E-state index in [2.05, 4.69) is 16.3 Å². The molecule has 32 heavy (non-hydrogen) atoms. The average Bonchev–Trinajstić information content (AvgIpc) is 3.32. The van der Waals surface area contributed by atoms with Crippen molar-refractivity contribution in [2.24, 2.45) is 0 Å². The zero-order valence-electron chi connectivity index (χ0n) is 17.7. The molecule has 3 aliphatic heterocycles. The summed E-state index contributed by atoms with van der Waals surface area (Å²) in [5, 5.41) is 10.2. The highest BCUT2D eigenvalue weighted by Crippen LogP contribution is 2.35. The summed E-state index contributed by atoms with van der Waals surface area (Å²) in [4.78, 5) is 25.0. The summed E-state index contributed by atoms with van der Waals surface area (Å²) in [7, 11) is 3.52. The first-order chi connectivity index (χ1) is 15.1. The number of alkyl halides is 3. The van der Waals surface area contributed by atoms with Crippen LogP contribution in [0, 0.1) is 0 Å². The van der Waals surface area contributed by atoms with Gasteiger partial charge in [0, 0.05) is 39.8 Å². The SMILES string of the molecule is CN(C)C(=O)N[C@@H]1CN(Cc2ccc3c(c2)OCO3)[C@@H]2CCCO[C@@H]21.O=C(O)C(F)(F)F. The molecule has 1 aromatic carbocycles. The minimum absolute atomic E-state index is 0.0224. The molecule has 2 N–H and O–H groups in total. The quantitative estimate of drug-likeness (QED) is 0.711. The number of carbonyl (C=O) groups is 2. The molecular formula is C20H26F3N3O6. The number of likely N-dealkylation sites (tertiary alicyclic amines) is 1. The van der Waals surface area contributed by atoms with Gasteiger partial charge < -0.3 is 29.5 Å². The minimum atomic E-state index is -5.08. The number of urea groups is 1. The van der Waals surface area contributed by atoms with Gasteiger partial charge in [-0.15, -0.1) is 0 Å². The molecule has 3 atom stereocenters. The molecule has 1 aromatic rings. The van der Waals surface area contributed by atoms with Gasteiger partial charge >= 0.3 is 18.2 Å². The van der Waals surface area contributed by atoms with Crippen molar-refractivity contribution in [2.45, 2.75) is 43.8 Å². The number of rotatable bonds is 3. The number of benzene rings is 1. The van der Waals surface area contributed by atoms with Gasteiger partial charge in [-0.25, -0.2) is 9.59 Å². The number of carboxylic acid groups (broad SMARTS) is 1. The van der Waals surface area contributed by atoms with E-state index in [1.165, 1.54) is 5.56 Å². The van der Waals surface area contributed by atoms with E-state index < -0.39 is 12.1 Å². The van der Waals surface area contributed by atoms with E-state index >= 15 is 0 Å². The van der Waals surface area contributed by atoms with Crippen LogP contribution in [-0.2, 0) is 16.1 Å². The van der Waals surface area contributed by atoms with Crippen molar-refractivity contribution in [3.05, 3.63) is 23.8 Å². The second-order valence-corrected chi connectivity index (χ2v) is 7.92. The molecule has 0 bridgehead atoms. The third kappa shape index (κ3) is 5.74. The predicted molar refractivity (Wildman–Crippen MR) is 105 cm³/mol. The molecule has 0 radical (unpaired) electrons. The van der Waals surface area contributed by atoms with Crippen LogP contribution in [-0.4, -0.2) is 85.3 Å². The molecule has 3 aliphatic rings. The summed E-state index contributed by atoms with van der Waals surface area (Å²) in [6.07, 6.45) is -2.86. The number of halogens is 3. The van der Waals surface area contributed by atoms with E-state index in [1.54, 1.807) is 19.0 Å². The van der Waals surface area contributed by atoms with Crippen LogP contribution in [0.3, 0.4) is 0 Å². The summed E-state index contributed by atoms with van der Waals surface area (Å²) in [5.74, 6) is -1.14. The Labute approximate surface area is 183 Å². The van der Waals surface area contributed by atoms with Gasteiger partial charge in [-0.05, 0) is 30.5 Å². The molecule has 0 saturated carbocycles. The van der Waals surface area contributed by atoms with E-state index in [1.807, 2.05) is 12.1 Å². The number of carbonyl (C=O) groups excluding carboxylic acids is 1. The van der Waals surface area contributed by atoms with Crippen LogP contribution < -0.4 is 14.8 Å². The Balaban J connectivity index is 0.000000360. The molecule has 0 aromatic heterocycles. The molecule has 2 fully saturated rings.